The maximum absolute atomic E-state index is 14.2. The zero-order valence-electron chi connectivity index (χ0n) is 33.1. The number of carbonyl (C=O) groups excluding carboxylic acids is 9. The minimum Gasteiger partial charge on any atom is -0.485 e. The molecule has 1 heterocycles. The van der Waals surface area contributed by atoms with E-state index in [0.717, 1.165) is 16.0 Å². The lowest BCUT2D eigenvalue weighted by Crippen LogP contribution is -2.56. The van der Waals surface area contributed by atoms with E-state index in [9.17, 15) is 43.2 Å². The van der Waals surface area contributed by atoms with Crippen molar-refractivity contribution in [2.75, 3.05) is 20.2 Å². The highest BCUT2D eigenvalue weighted by Crippen LogP contribution is 2.36. The van der Waals surface area contributed by atoms with Gasteiger partial charge in [-0.25, -0.2) is 0 Å². The van der Waals surface area contributed by atoms with Crippen molar-refractivity contribution >= 4 is 65.3 Å². The summed E-state index contributed by atoms with van der Waals surface area (Å²) in [6.07, 6.45) is 0.520. The van der Waals surface area contributed by atoms with Gasteiger partial charge in [0.25, 0.3) is 5.91 Å². The Balaban J connectivity index is 1.51. The molecule has 15 nitrogen and oxygen atoms in total. The molecule has 0 saturated carbocycles. The largest absolute Gasteiger partial charge is 0.485 e. The third kappa shape index (κ3) is 10.7. The van der Waals surface area contributed by atoms with Gasteiger partial charge in [-0.15, -0.1) is 0 Å². The normalized spacial score (nSPS) is 16.7. The van der Waals surface area contributed by atoms with Crippen LogP contribution in [0.2, 0.25) is 5.02 Å². The van der Waals surface area contributed by atoms with Gasteiger partial charge in [0.2, 0.25) is 29.4 Å². The fourth-order valence-electron chi connectivity index (χ4n) is 6.35. The van der Waals surface area contributed by atoms with Crippen LogP contribution in [0.15, 0.2) is 84.9 Å². The molecular formula is C44H42ClN5O10. The molecule has 5 rings (SSSR count). The number of fused-ring (bicyclic) bond motifs is 5. The van der Waals surface area contributed by atoms with Crippen LogP contribution in [-0.2, 0) is 40.0 Å². The van der Waals surface area contributed by atoms with Gasteiger partial charge in [-0.1, -0.05) is 54.1 Å². The van der Waals surface area contributed by atoms with E-state index in [1.54, 1.807) is 48.5 Å². The number of hydrogen-bond donors (Lipinski definition) is 4. The first kappa shape index (κ1) is 44.1. The van der Waals surface area contributed by atoms with Crippen molar-refractivity contribution in [3.63, 3.8) is 0 Å². The highest BCUT2D eigenvalue weighted by Gasteiger charge is 2.33. The zero-order chi connectivity index (χ0) is 43.7. The first-order valence-electron chi connectivity index (χ1n) is 18.7. The third-order valence-electron chi connectivity index (χ3n) is 9.90. The topological polar surface area (TPSA) is 214 Å². The Hall–Kier alpha value is -7.00. The molecule has 310 valence electrons. The van der Waals surface area contributed by atoms with E-state index in [1.807, 2.05) is 12.1 Å². The number of hydrogen-bond acceptors (Lipinski definition) is 10. The van der Waals surface area contributed by atoms with Crippen molar-refractivity contribution in [3.05, 3.63) is 112 Å². The number of nitrogens with one attached hydrogen (secondary N) is 4. The Kier molecular flexibility index (Phi) is 14.4. The van der Waals surface area contributed by atoms with E-state index in [4.69, 9.17) is 16.3 Å². The highest BCUT2D eigenvalue weighted by atomic mass is 35.5. The van der Waals surface area contributed by atoms with Gasteiger partial charge in [0.15, 0.2) is 25.0 Å². The summed E-state index contributed by atoms with van der Waals surface area (Å²) in [5.74, 6) is -4.70. The Labute approximate surface area is 350 Å². The molecule has 4 aromatic carbocycles. The number of ether oxygens (including phenoxy) is 1. The van der Waals surface area contributed by atoms with Crippen LogP contribution in [-0.4, -0.2) is 96.9 Å². The summed E-state index contributed by atoms with van der Waals surface area (Å²) < 4.78 is 5.71. The number of rotatable bonds is 13. The van der Waals surface area contributed by atoms with Crippen LogP contribution in [0.1, 0.15) is 58.7 Å². The van der Waals surface area contributed by atoms with Gasteiger partial charge in [0, 0.05) is 35.2 Å². The molecular weight excluding hydrogens is 794 g/mol. The van der Waals surface area contributed by atoms with Crippen LogP contribution in [0.5, 0.6) is 5.75 Å². The van der Waals surface area contributed by atoms with Crippen LogP contribution < -0.4 is 26.0 Å². The standard InChI is InChI=1S/C44H42ClN5O10/c1-24(26(3)53)47-43(58)37-18-27-5-16-38(60-23-34(54)22-52)36(17-27)35-19-31(10-11-32(35)21-51)40(44(59)48-25(2)41(56)49-37)50(4)39(55)20-46-42(57)30-8-6-28(7-9-30)29-12-14-33(45)15-13-29/h5-17,19,21-22,24-25,37,40H,18,20,23H2,1-4H3,(H,46,57)(H,47,58)(H,48,59)(H,49,56). The fourth-order valence-corrected chi connectivity index (χ4v) is 6.48. The number of nitrogens with zero attached hydrogens (tertiary/aromatic N) is 1. The summed E-state index contributed by atoms with van der Waals surface area (Å²) in [6.45, 7) is 2.98. The van der Waals surface area contributed by atoms with E-state index in [-0.39, 0.29) is 52.1 Å². The number of carbonyl (C=O) groups is 9. The Morgan fingerprint density at radius 3 is 2.18 bits per heavy atom. The van der Waals surface area contributed by atoms with Crippen molar-refractivity contribution in [1.29, 1.82) is 0 Å². The summed E-state index contributed by atoms with van der Waals surface area (Å²) in [7, 11) is 1.33. The molecule has 4 aromatic rings. The van der Waals surface area contributed by atoms with E-state index in [0.29, 0.717) is 16.9 Å². The second-order valence-corrected chi connectivity index (χ2v) is 14.6. The van der Waals surface area contributed by atoms with Crippen LogP contribution in [0.4, 0.5) is 0 Å². The zero-order valence-corrected chi connectivity index (χ0v) is 33.8. The molecule has 0 fully saturated rings. The van der Waals surface area contributed by atoms with Gasteiger partial charge >= 0.3 is 0 Å². The lowest BCUT2D eigenvalue weighted by Gasteiger charge is -2.30. The second-order valence-electron chi connectivity index (χ2n) is 14.2. The molecule has 0 aliphatic carbocycles. The van der Waals surface area contributed by atoms with Crippen molar-refractivity contribution in [1.82, 2.24) is 26.2 Å². The average Bonchev–Trinajstić information content (AvgIpc) is 3.24. The molecule has 4 bridgehead atoms. The van der Waals surface area contributed by atoms with Crippen LogP contribution >= 0.6 is 11.6 Å². The number of ketones is 2. The van der Waals surface area contributed by atoms with Crippen LogP contribution in [0.3, 0.4) is 0 Å². The highest BCUT2D eigenvalue weighted by molar-refractivity contribution is 6.30. The molecule has 0 spiro atoms. The first-order valence-corrected chi connectivity index (χ1v) is 19.1. The molecule has 4 N–H and O–H groups in total. The second kappa shape index (κ2) is 19.6. The molecule has 0 aromatic heterocycles. The molecule has 1 aliphatic heterocycles. The SMILES string of the molecule is CC(=O)C(C)NC(=O)C1Cc2ccc(OCC(=O)C=O)c(c2)-c2cc(ccc2C=O)C(N(C)C(=O)CNC(=O)c2ccc(-c3ccc(Cl)cc3)cc2)C(=O)NC(C)C(=O)N1. The maximum Gasteiger partial charge on any atom is 0.251 e. The van der Waals surface area contributed by atoms with Crippen molar-refractivity contribution in [2.45, 2.75) is 51.4 Å². The third-order valence-corrected chi connectivity index (χ3v) is 10.2. The van der Waals surface area contributed by atoms with E-state index in [2.05, 4.69) is 21.3 Å². The quantitative estimate of drug-likeness (QED) is 0.114. The Morgan fingerprint density at radius 2 is 1.55 bits per heavy atom. The molecule has 0 radical (unpaired) electrons. The summed E-state index contributed by atoms with van der Waals surface area (Å²) in [4.78, 5) is 117. The predicted octanol–water partition coefficient (Wildman–Crippen LogP) is 3.20. The number of halogens is 1. The van der Waals surface area contributed by atoms with E-state index >= 15 is 0 Å². The molecule has 0 saturated heterocycles. The number of Topliss-reactive ketones (excluding diaryl/α,β-unsaturated/α-hetero) is 2. The Morgan fingerprint density at radius 1 is 0.883 bits per heavy atom. The number of likely N-dealkylation sites (N-methyl/N-ethyl adjacent to an activating group) is 1. The average molecular weight is 836 g/mol. The molecule has 16 heteroatoms. The smallest absolute Gasteiger partial charge is 0.251 e. The maximum atomic E-state index is 14.2. The number of amides is 5. The van der Waals surface area contributed by atoms with Gasteiger partial charge in [-0.05, 0) is 91.1 Å². The molecule has 60 heavy (non-hydrogen) atoms. The summed E-state index contributed by atoms with van der Waals surface area (Å²) >= 11 is 6.00. The minimum absolute atomic E-state index is 0.0551. The number of benzene rings is 4. The summed E-state index contributed by atoms with van der Waals surface area (Å²) in [6, 6.07) is 17.9. The first-order chi connectivity index (χ1) is 28.6. The van der Waals surface area contributed by atoms with Crippen molar-refractivity contribution in [3.8, 4) is 28.0 Å². The number of aldehydes is 2. The molecule has 1 aliphatic rings. The van der Waals surface area contributed by atoms with Gasteiger partial charge in [-0.2, -0.15) is 0 Å². The molecule has 4 atom stereocenters. The molecule has 4 unspecified atom stereocenters. The molecule has 5 amide bonds. The minimum atomic E-state index is -1.45. The van der Waals surface area contributed by atoms with Crippen molar-refractivity contribution in [2.24, 2.45) is 0 Å². The van der Waals surface area contributed by atoms with Crippen molar-refractivity contribution < 1.29 is 47.9 Å². The van der Waals surface area contributed by atoms with Crippen LogP contribution in [0, 0.1) is 0 Å². The Bertz CT molecular complexity index is 2350. The monoisotopic (exact) mass is 835 g/mol. The lowest BCUT2D eigenvalue weighted by atomic mass is 9.91. The van der Waals surface area contributed by atoms with E-state index < -0.39 is 72.6 Å². The van der Waals surface area contributed by atoms with Crippen LogP contribution in [0.25, 0.3) is 22.3 Å². The summed E-state index contributed by atoms with van der Waals surface area (Å²) in [5, 5.41) is 11.0. The van der Waals surface area contributed by atoms with Gasteiger partial charge < -0.3 is 30.9 Å². The van der Waals surface area contributed by atoms with E-state index in [1.165, 1.54) is 52.1 Å². The summed E-state index contributed by atoms with van der Waals surface area (Å²) in [5.41, 5.74) is 3.16. The van der Waals surface area contributed by atoms with Gasteiger partial charge in [0.05, 0.1) is 12.6 Å². The van der Waals surface area contributed by atoms with Gasteiger partial charge in [0.1, 0.15) is 23.9 Å². The lowest BCUT2D eigenvalue weighted by molar-refractivity contribution is -0.139. The fraction of sp³-hybridized carbons (Fsp3) is 0.250. The predicted molar refractivity (Wildman–Crippen MR) is 220 cm³/mol. The van der Waals surface area contributed by atoms with Gasteiger partial charge in [-0.3, -0.25) is 43.2 Å².